The van der Waals surface area contributed by atoms with Gasteiger partial charge in [0.15, 0.2) is 11.0 Å². The highest BCUT2D eigenvalue weighted by Gasteiger charge is 2.26. The number of thioether (sulfide) groups is 1. The number of halogens is 2. The van der Waals surface area contributed by atoms with Crippen LogP contribution >= 0.6 is 11.8 Å². The number of hydrogen-bond donors (Lipinski definition) is 0. The first-order valence-electron chi connectivity index (χ1n) is 10.2. The summed E-state index contributed by atoms with van der Waals surface area (Å²) in [6.07, 6.45) is 4.52. The van der Waals surface area contributed by atoms with Gasteiger partial charge in [-0.15, -0.1) is 10.2 Å². The Bertz CT molecular complexity index is 1320. The number of aromatic nitrogens is 6. The van der Waals surface area contributed by atoms with Crippen molar-refractivity contribution >= 4 is 17.5 Å². The Morgan fingerprint density at radius 2 is 1.88 bits per heavy atom. The summed E-state index contributed by atoms with van der Waals surface area (Å²) < 4.78 is 35.6. The first-order valence-corrected chi connectivity index (χ1v) is 11.1. The Hall–Kier alpha value is -3.66. The molecule has 0 saturated heterocycles. The molecule has 0 saturated carbocycles. The molecule has 0 bridgehead atoms. The van der Waals surface area contributed by atoms with Crippen LogP contribution in [0.25, 0.3) is 28.5 Å². The van der Waals surface area contributed by atoms with Gasteiger partial charge in [0.1, 0.15) is 12.0 Å². The molecule has 0 amide bonds. The Morgan fingerprint density at radius 3 is 2.64 bits per heavy atom. The monoisotopic (exact) mass is 464 g/mol. The second-order valence-corrected chi connectivity index (χ2v) is 8.62. The fourth-order valence-electron chi connectivity index (χ4n) is 3.40. The lowest BCUT2D eigenvalue weighted by molar-refractivity contribution is 0.380. The Balaban J connectivity index is 1.49. The maximum Gasteiger partial charge on any atom is 0.240 e. The summed E-state index contributed by atoms with van der Waals surface area (Å²) in [7, 11) is 0. The molecule has 3 heterocycles. The van der Waals surface area contributed by atoms with Crippen molar-refractivity contribution < 1.29 is 13.3 Å². The van der Waals surface area contributed by atoms with Crippen molar-refractivity contribution in [3.05, 3.63) is 78.7 Å². The van der Waals surface area contributed by atoms with Crippen LogP contribution in [0.15, 0.2) is 82.5 Å². The van der Waals surface area contributed by atoms with Gasteiger partial charge in [0.25, 0.3) is 0 Å². The van der Waals surface area contributed by atoms with Crippen LogP contribution in [0.4, 0.5) is 8.78 Å². The lowest BCUT2D eigenvalue weighted by Crippen LogP contribution is -2.09. The molecule has 1 aromatic carbocycles. The molecule has 4 aromatic rings. The summed E-state index contributed by atoms with van der Waals surface area (Å²) in [5.41, 5.74) is 1.76. The van der Waals surface area contributed by atoms with Crippen LogP contribution < -0.4 is 0 Å². The van der Waals surface area contributed by atoms with Crippen LogP contribution in [0.3, 0.4) is 0 Å². The molecular formula is C23H18F2N6OS. The zero-order valence-electron chi connectivity index (χ0n) is 17.5. The zero-order valence-corrected chi connectivity index (χ0v) is 18.3. The summed E-state index contributed by atoms with van der Waals surface area (Å²) in [6.45, 7) is 1.88. The SMILES string of the molecule is CC(Sc1nnc(-c2ccccc2)n1C1=CCC(F)C=C1F)c1nc(-c2ccncc2)no1. The van der Waals surface area contributed by atoms with E-state index >= 15 is 0 Å². The molecule has 0 N–H and O–H groups in total. The van der Waals surface area contributed by atoms with Gasteiger partial charge in [-0.2, -0.15) is 4.98 Å². The van der Waals surface area contributed by atoms with Gasteiger partial charge < -0.3 is 4.52 Å². The van der Waals surface area contributed by atoms with E-state index in [0.29, 0.717) is 22.7 Å². The lowest BCUT2D eigenvalue weighted by atomic mass is 10.1. The molecule has 0 radical (unpaired) electrons. The fourth-order valence-corrected chi connectivity index (χ4v) is 4.29. The number of rotatable bonds is 6. The third-order valence-corrected chi connectivity index (χ3v) is 6.05. The van der Waals surface area contributed by atoms with Crippen molar-refractivity contribution in [2.24, 2.45) is 0 Å². The van der Waals surface area contributed by atoms with Crippen LogP contribution in [-0.4, -0.2) is 36.1 Å². The first-order chi connectivity index (χ1) is 16.1. The van der Waals surface area contributed by atoms with E-state index in [9.17, 15) is 8.78 Å². The number of alkyl halides is 1. The topological polar surface area (TPSA) is 82.5 Å². The average Bonchev–Trinajstić information content (AvgIpc) is 3.48. The van der Waals surface area contributed by atoms with Crippen LogP contribution in [0, 0.1) is 0 Å². The second-order valence-electron chi connectivity index (χ2n) is 7.32. The molecule has 1 aliphatic carbocycles. The third-order valence-electron chi connectivity index (χ3n) is 5.02. The number of benzene rings is 1. The van der Waals surface area contributed by atoms with Crippen LogP contribution in [0.5, 0.6) is 0 Å². The molecular weight excluding hydrogens is 446 g/mol. The van der Waals surface area contributed by atoms with Gasteiger partial charge in [0.05, 0.1) is 10.9 Å². The first kappa shape index (κ1) is 21.2. The average molecular weight is 465 g/mol. The van der Waals surface area contributed by atoms with E-state index in [2.05, 4.69) is 25.3 Å². The quantitative estimate of drug-likeness (QED) is 0.340. The van der Waals surface area contributed by atoms with Gasteiger partial charge in [0.2, 0.25) is 11.7 Å². The molecule has 2 atom stereocenters. The third kappa shape index (κ3) is 4.34. The maximum absolute atomic E-state index is 14.8. The predicted molar refractivity (Wildman–Crippen MR) is 120 cm³/mol. The standard InChI is InChI=1S/C23H18F2N6OS/c1-14(22-27-20(30-32-22)15-9-11-26-12-10-15)33-23-29-28-21(16-5-3-2-4-6-16)31(23)19-8-7-17(24)13-18(19)25/h2-6,8-14,17H,7H2,1H3. The molecule has 3 aromatic heterocycles. The molecule has 10 heteroatoms. The highest BCUT2D eigenvalue weighted by atomic mass is 32.2. The summed E-state index contributed by atoms with van der Waals surface area (Å²) in [5.74, 6) is 0.641. The lowest BCUT2D eigenvalue weighted by Gasteiger charge is -2.17. The highest BCUT2D eigenvalue weighted by molar-refractivity contribution is 7.99. The van der Waals surface area contributed by atoms with Crippen molar-refractivity contribution in [2.75, 3.05) is 0 Å². The van der Waals surface area contributed by atoms with E-state index in [1.54, 1.807) is 29.1 Å². The van der Waals surface area contributed by atoms with Gasteiger partial charge in [-0.05, 0) is 25.1 Å². The zero-order chi connectivity index (χ0) is 22.8. The molecule has 7 nitrogen and oxygen atoms in total. The van der Waals surface area contributed by atoms with Crippen LogP contribution in [0.1, 0.15) is 24.5 Å². The van der Waals surface area contributed by atoms with E-state index in [-0.39, 0.29) is 17.4 Å². The highest BCUT2D eigenvalue weighted by Crippen LogP contribution is 2.39. The van der Waals surface area contributed by atoms with Gasteiger partial charge in [-0.25, -0.2) is 8.78 Å². The maximum atomic E-state index is 14.8. The molecule has 5 rings (SSSR count). The Labute approximate surface area is 192 Å². The molecule has 0 fully saturated rings. The molecule has 0 aliphatic heterocycles. The number of allylic oxidation sites excluding steroid dienone is 4. The Morgan fingerprint density at radius 1 is 1.09 bits per heavy atom. The van der Waals surface area contributed by atoms with E-state index in [0.717, 1.165) is 17.2 Å². The molecule has 2 unspecified atom stereocenters. The van der Waals surface area contributed by atoms with Crippen LogP contribution in [-0.2, 0) is 0 Å². The van der Waals surface area contributed by atoms with E-state index in [1.807, 2.05) is 37.3 Å². The van der Waals surface area contributed by atoms with Crippen molar-refractivity contribution in [1.29, 1.82) is 0 Å². The minimum atomic E-state index is -1.36. The largest absolute Gasteiger partial charge is 0.338 e. The van der Waals surface area contributed by atoms with E-state index in [4.69, 9.17) is 4.52 Å². The number of hydrogen-bond acceptors (Lipinski definition) is 7. The summed E-state index contributed by atoms with van der Waals surface area (Å²) in [5, 5.41) is 12.8. The number of pyridine rings is 1. The minimum absolute atomic E-state index is 0.0772. The van der Waals surface area contributed by atoms with Crippen molar-refractivity contribution in [3.63, 3.8) is 0 Å². The van der Waals surface area contributed by atoms with Crippen LogP contribution in [0.2, 0.25) is 0 Å². The summed E-state index contributed by atoms with van der Waals surface area (Å²) in [6, 6.07) is 12.9. The Kier molecular flexibility index (Phi) is 5.82. The smallest absolute Gasteiger partial charge is 0.240 e. The summed E-state index contributed by atoms with van der Waals surface area (Å²) in [4.78, 5) is 8.46. The van der Waals surface area contributed by atoms with Crippen molar-refractivity contribution in [1.82, 2.24) is 29.9 Å². The van der Waals surface area contributed by atoms with Gasteiger partial charge >= 0.3 is 0 Å². The van der Waals surface area contributed by atoms with Gasteiger partial charge in [-0.3, -0.25) is 9.55 Å². The number of nitrogens with zero attached hydrogens (tertiary/aromatic N) is 6. The fraction of sp³-hybridized carbons (Fsp3) is 0.174. The molecule has 1 aliphatic rings. The molecule has 33 heavy (non-hydrogen) atoms. The van der Waals surface area contributed by atoms with Gasteiger partial charge in [-0.1, -0.05) is 53.3 Å². The van der Waals surface area contributed by atoms with E-state index in [1.165, 1.54) is 17.8 Å². The minimum Gasteiger partial charge on any atom is -0.338 e. The molecule has 0 spiro atoms. The van der Waals surface area contributed by atoms with Crippen molar-refractivity contribution in [3.8, 4) is 22.8 Å². The second kappa shape index (κ2) is 9.07. The summed E-state index contributed by atoms with van der Waals surface area (Å²) >= 11 is 1.30. The predicted octanol–water partition coefficient (Wildman–Crippen LogP) is 5.68. The van der Waals surface area contributed by atoms with Crippen molar-refractivity contribution in [2.45, 2.75) is 29.9 Å². The normalized spacial score (nSPS) is 16.9. The van der Waals surface area contributed by atoms with Gasteiger partial charge in [0, 0.05) is 29.9 Å². The van der Waals surface area contributed by atoms with E-state index < -0.39 is 12.0 Å². The molecule has 166 valence electrons.